The minimum atomic E-state index is -0.870. The number of esters is 3. The van der Waals surface area contributed by atoms with Crippen LogP contribution in [0.4, 0.5) is 5.82 Å². The number of anilines is 1. The average Bonchev–Trinajstić information content (AvgIpc) is 3.01. The number of methoxy groups -OCH3 is 2. The van der Waals surface area contributed by atoms with Gasteiger partial charge in [0.15, 0.2) is 5.57 Å². The van der Waals surface area contributed by atoms with Crippen LogP contribution in [-0.4, -0.2) is 55.2 Å². The summed E-state index contributed by atoms with van der Waals surface area (Å²) in [5.74, 6) is -2.16. The molecule has 0 bridgehead atoms. The molecule has 1 aromatic heterocycles. The molecule has 0 amide bonds. The van der Waals surface area contributed by atoms with Gasteiger partial charge in [0.2, 0.25) is 0 Å². The van der Waals surface area contributed by atoms with Gasteiger partial charge >= 0.3 is 17.9 Å². The van der Waals surface area contributed by atoms with E-state index in [0.29, 0.717) is 0 Å². The van der Waals surface area contributed by atoms with E-state index in [2.05, 4.69) is 25.0 Å². The Morgan fingerprint density at radius 2 is 1.87 bits per heavy atom. The zero-order valence-electron chi connectivity index (χ0n) is 13.1. The SMILES string of the molecule is CCOC(=O)c1cn[nH]c1NC(SC)=C(C(=O)OC)C(=O)OC. The molecule has 0 aliphatic rings. The van der Waals surface area contributed by atoms with Gasteiger partial charge in [-0.05, 0) is 13.2 Å². The van der Waals surface area contributed by atoms with Crippen LogP contribution in [0.2, 0.25) is 0 Å². The highest BCUT2D eigenvalue weighted by molar-refractivity contribution is 8.02. The largest absolute Gasteiger partial charge is 0.465 e. The van der Waals surface area contributed by atoms with Crippen LogP contribution in [-0.2, 0) is 23.8 Å². The Morgan fingerprint density at radius 3 is 2.35 bits per heavy atom. The normalized spacial score (nSPS) is 9.74. The summed E-state index contributed by atoms with van der Waals surface area (Å²) in [4.78, 5) is 35.4. The Morgan fingerprint density at radius 1 is 1.26 bits per heavy atom. The van der Waals surface area contributed by atoms with Gasteiger partial charge in [0.25, 0.3) is 0 Å². The van der Waals surface area contributed by atoms with Gasteiger partial charge in [0, 0.05) is 0 Å². The van der Waals surface area contributed by atoms with Gasteiger partial charge in [0.1, 0.15) is 11.4 Å². The maximum absolute atomic E-state index is 11.8. The lowest BCUT2D eigenvalue weighted by molar-refractivity contribution is -0.144. The van der Waals surface area contributed by atoms with Gasteiger partial charge in [-0.25, -0.2) is 14.4 Å². The van der Waals surface area contributed by atoms with Crippen LogP contribution >= 0.6 is 11.8 Å². The molecule has 0 spiro atoms. The molecule has 0 aromatic carbocycles. The molecule has 1 rings (SSSR count). The molecule has 0 aliphatic carbocycles. The third kappa shape index (κ3) is 4.49. The maximum Gasteiger partial charge on any atom is 0.348 e. The van der Waals surface area contributed by atoms with Gasteiger partial charge in [-0.1, -0.05) is 0 Å². The van der Waals surface area contributed by atoms with Crippen LogP contribution < -0.4 is 5.32 Å². The van der Waals surface area contributed by atoms with Crippen molar-refractivity contribution in [2.24, 2.45) is 0 Å². The standard InChI is InChI=1S/C13H17N3O6S/c1-5-22-11(17)7-6-14-16-9(7)15-10(23-4)8(12(18)20-2)13(19)21-3/h6H,5H2,1-4H3,(H2,14,15,16). The van der Waals surface area contributed by atoms with E-state index in [1.54, 1.807) is 13.2 Å². The number of H-pyrrole nitrogens is 1. The van der Waals surface area contributed by atoms with Crippen molar-refractivity contribution in [2.45, 2.75) is 6.92 Å². The fourth-order valence-corrected chi connectivity index (χ4v) is 2.12. The van der Waals surface area contributed by atoms with Crippen molar-refractivity contribution >= 4 is 35.5 Å². The van der Waals surface area contributed by atoms with Crippen molar-refractivity contribution in [3.8, 4) is 0 Å². The van der Waals surface area contributed by atoms with Crippen molar-refractivity contribution in [2.75, 3.05) is 32.4 Å². The number of aromatic nitrogens is 2. The summed E-state index contributed by atoms with van der Waals surface area (Å²) in [7, 11) is 2.28. The number of thioether (sulfide) groups is 1. The molecule has 0 fully saturated rings. The summed E-state index contributed by atoms with van der Waals surface area (Å²) in [5, 5.41) is 9.22. The molecule has 9 nitrogen and oxygen atoms in total. The van der Waals surface area contributed by atoms with Crippen LogP contribution in [0.15, 0.2) is 16.8 Å². The Kier molecular flexibility index (Phi) is 7.13. The maximum atomic E-state index is 11.8. The minimum Gasteiger partial charge on any atom is -0.465 e. The van der Waals surface area contributed by atoms with E-state index < -0.39 is 17.9 Å². The summed E-state index contributed by atoms with van der Waals surface area (Å²) in [6, 6.07) is 0. The molecule has 126 valence electrons. The van der Waals surface area contributed by atoms with E-state index in [1.807, 2.05) is 0 Å². The summed E-state index contributed by atoms with van der Waals surface area (Å²) < 4.78 is 14.1. The lowest BCUT2D eigenvalue weighted by atomic mass is 10.3. The van der Waals surface area contributed by atoms with E-state index in [9.17, 15) is 14.4 Å². The first-order chi connectivity index (χ1) is 11.0. The fraction of sp³-hybridized carbons (Fsp3) is 0.385. The fourth-order valence-electron chi connectivity index (χ4n) is 1.55. The molecule has 0 unspecified atom stereocenters. The van der Waals surface area contributed by atoms with E-state index in [1.165, 1.54) is 6.20 Å². The Hall–Kier alpha value is -2.49. The van der Waals surface area contributed by atoms with E-state index in [4.69, 9.17) is 4.74 Å². The highest BCUT2D eigenvalue weighted by atomic mass is 32.2. The Bertz CT molecular complexity index is 607. The number of rotatable bonds is 7. The van der Waals surface area contributed by atoms with Gasteiger partial charge in [-0.3, -0.25) is 5.10 Å². The molecule has 23 heavy (non-hydrogen) atoms. The molecule has 0 radical (unpaired) electrons. The van der Waals surface area contributed by atoms with Crippen LogP contribution in [0, 0.1) is 0 Å². The van der Waals surface area contributed by atoms with Crippen LogP contribution in [0.1, 0.15) is 17.3 Å². The predicted molar refractivity (Wildman–Crippen MR) is 82.7 cm³/mol. The Balaban J connectivity index is 3.23. The molecule has 1 aromatic rings. The molecule has 0 aliphatic heterocycles. The number of hydrogen-bond donors (Lipinski definition) is 2. The van der Waals surface area contributed by atoms with Crippen molar-refractivity contribution < 1.29 is 28.6 Å². The lowest BCUT2D eigenvalue weighted by Gasteiger charge is -2.12. The number of carbonyl (C=O) groups excluding carboxylic acids is 3. The van der Waals surface area contributed by atoms with Gasteiger partial charge in [-0.15, -0.1) is 11.8 Å². The topological polar surface area (TPSA) is 120 Å². The van der Waals surface area contributed by atoms with Crippen LogP contribution in [0.3, 0.4) is 0 Å². The quantitative estimate of drug-likeness (QED) is 0.245. The van der Waals surface area contributed by atoms with Crippen molar-refractivity contribution in [1.82, 2.24) is 10.2 Å². The second kappa shape index (κ2) is 8.83. The van der Waals surface area contributed by atoms with E-state index in [-0.39, 0.29) is 28.6 Å². The highest BCUT2D eigenvalue weighted by Crippen LogP contribution is 2.23. The first-order valence-corrected chi connectivity index (χ1v) is 7.64. The number of hydrogen-bond acceptors (Lipinski definition) is 9. The third-order valence-electron chi connectivity index (χ3n) is 2.58. The molecule has 2 N–H and O–H groups in total. The average molecular weight is 343 g/mol. The van der Waals surface area contributed by atoms with Crippen LogP contribution in [0.5, 0.6) is 0 Å². The highest BCUT2D eigenvalue weighted by Gasteiger charge is 2.26. The summed E-state index contributed by atoms with van der Waals surface area (Å²) in [6.07, 6.45) is 2.91. The zero-order valence-corrected chi connectivity index (χ0v) is 13.9. The van der Waals surface area contributed by atoms with Gasteiger partial charge in [0.05, 0.1) is 32.1 Å². The molecule has 0 atom stereocenters. The van der Waals surface area contributed by atoms with E-state index >= 15 is 0 Å². The first kappa shape index (κ1) is 18.6. The number of aromatic amines is 1. The van der Waals surface area contributed by atoms with Crippen molar-refractivity contribution in [3.05, 3.63) is 22.4 Å². The molecular formula is C13H17N3O6S. The first-order valence-electron chi connectivity index (χ1n) is 6.42. The lowest BCUT2D eigenvalue weighted by Crippen LogP contribution is -2.20. The second-order valence-electron chi connectivity index (χ2n) is 3.90. The van der Waals surface area contributed by atoms with Crippen molar-refractivity contribution in [3.63, 3.8) is 0 Å². The zero-order chi connectivity index (χ0) is 17.4. The summed E-state index contributed by atoms with van der Waals surface area (Å²) in [5.41, 5.74) is -0.195. The molecule has 0 saturated carbocycles. The third-order valence-corrected chi connectivity index (χ3v) is 3.30. The molecule has 1 heterocycles. The molecule has 0 saturated heterocycles. The molecule has 10 heteroatoms. The minimum absolute atomic E-state index is 0.132. The monoisotopic (exact) mass is 343 g/mol. The summed E-state index contributed by atoms with van der Waals surface area (Å²) >= 11 is 1.06. The number of nitrogens with zero attached hydrogens (tertiary/aromatic N) is 1. The van der Waals surface area contributed by atoms with Crippen LogP contribution in [0.25, 0.3) is 0 Å². The predicted octanol–water partition coefficient (Wildman–Crippen LogP) is 0.919. The molecular weight excluding hydrogens is 326 g/mol. The van der Waals surface area contributed by atoms with E-state index in [0.717, 1.165) is 26.0 Å². The smallest absolute Gasteiger partial charge is 0.348 e. The second-order valence-corrected chi connectivity index (χ2v) is 4.71. The van der Waals surface area contributed by atoms with Gasteiger partial charge < -0.3 is 19.5 Å². The Labute approximate surface area is 136 Å². The summed E-state index contributed by atoms with van der Waals surface area (Å²) in [6.45, 7) is 1.87. The number of nitrogens with one attached hydrogen (secondary N) is 2. The number of carbonyl (C=O) groups is 3. The van der Waals surface area contributed by atoms with Gasteiger partial charge in [-0.2, -0.15) is 5.10 Å². The van der Waals surface area contributed by atoms with Crippen molar-refractivity contribution in [1.29, 1.82) is 0 Å². The number of ether oxygens (including phenoxy) is 3.